The number of H-pyrrole nitrogens is 1. The molecule has 0 atom stereocenters. The molecule has 3 rings (SSSR count). The Bertz CT molecular complexity index is 1130. The van der Waals surface area contributed by atoms with Gasteiger partial charge in [-0.05, 0) is 36.5 Å². The lowest BCUT2D eigenvalue weighted by molar-refractivity contribution is 0.394. The summed E-state index contributed by atoms with van der Waals surface area (Å²) in [6.45, 7) is 0. The molecule has 0 saturated heterocycles. The molecular formula is C19H16FN3O4S. The topological polar surface area (TPSA) is 88.8 Å². The number of benzene rings is 2. The molecule has 28 heavy (non-hydrogen) atoms. The number of hydrogen-bond donors (Lipinski definition) is 2. The molecular weight excluding hydrogens is 385 g/mol. The highest BCUT2D eigenvalue weighted by Crippen LogP contribution is 2.28. The SMILES string of the molecule is COc1cc(N=Cc2c(O)n(-c3ccc(F)cc3)c(=S)[nH]c2=O)cc(OC)c1. The minimum atomic E-state index is -0.612. The third-order valence-electron chi connectivity index (χ3n) is 3.88. The van der Waals surface area contributed by atoms with Crippen LogP contribution in [-0.2, 0) is 0 Å². The van der Waals surface area contributed by atoms with E-state index >= 15 is 0 Å². The summed E-state index contributed by atoms with van der Waals surface area (Å²) in [5.74, 6) is 0.186. The first-order chi connectivity index (χ1) is 13.4. The van der Waals surface area contributed by atoms with Crippen LogP contribution in [0.25, 0.3) is 5.69 Å². The first-order valence-corrected chi connectivity index (χ1v) is 8.45. The molecule has 0 fully saturated rings. The Morgan fingerprint density at radius 2 is 1.75 bits per heavy atom. The number of methoxy groups -OCH3 is 2. The van der Waals surface area contributed by atoms with E-state index in [0.29, 0.717) is 22.9 Å². The van der Waals surface area contributed by atoms with Crippen molar-refractivity contribution in [1.29, 1.82) is 0 Å². The molecule has 0 amide bonds. The zero-order valence-corrected chi connectivity index (χ0v) is 15.8. The van der Waals surface area contributed by atoms with Gasteiger partial charge in [0, 0.05) is 24.4 Å². The van der Waals surface area contributed by atoms with Crippen molar-refractivity contribution in [2.75, 3.05) is 14.2 Å². The van der Waals surface area contributed by atoms with Crippen LogP contribution in [0.4, 0.5) is 10.1 Å². The molecule has 3 aromatic rings. The van der Waals surface area contributed by atoms with Crippen molar-refractivity contribution < 1.29 is 19.0 Å². The van der Waals surface area contributed by atoms with Gasteiger partial charge in [0.05, 0.1) is 25.6 Å². The number of aromatic amines is 1. The molecule has 0 spiro atoms. The number of aromatic nitrogens is 2. The predicted octanol–water partition coefficient (Wildman–Crippen LogP) is 3.51. The van der Waals surface area contributed by atoms with Gasteiger partial charge in [0.25, 0.3) is 5.56 Å². The number of aromatic hydroxyl groups is 1. The van der Waals surface area contributed by atoms with E-state index in [1.807, 2.05) is 0 Å². The van der Waals surface area contributed by atoms with Gasteiger partial charge >= 0.3 is 0 Å². The van der Waals surface area contributed by atoms with Crippen LogP contribution in [-0.4, -0.2) is 35.1 Å². The van der Waals surface area contributed by atoms with Crippen molar-refractivity contribution in [2.45, 2.75) is 0 Å². The van der Waals surface area contributed by atoms with Crippen LogP contribution in [0.2, 0.25) is 0 Å². The highest BCUT2D eigenvalue weighted by molar-refractivity contribution is 7.71. The Kier molecular flexibility index (Phi) is 5.55. The molecule has 1 aromatic heterocycles. The second-order valence-corrected chi connectivity index (χ2v) is 6.02. The van der Waals surface area contributed by atoms with Gasteiger partial charge in [-0.15, -0.1) is 0 Å². The van der Waals surface area contributed by atoms with Gasteiger partial charge < -0.3 is 14.6 Å². The van der Waals surface area contributed by atoms with E-state index in [0.717, 1.165) is 0 Å². The maximum Gasteiger partial charge on any atom is 0.264 e. The summed E-state index contributed by atoms with van der Waals surface area (Å²) < 4.78 is 24.7. The van der Waals surface area contributed by atoms with Crippen molar-refractivity contribution >= 4 is 24.1 Å². The lowest BCUT2D eigenvalue weighted by Crippen LogP contribution is -2.18. The molecule has 2 N–H and O–H groups in total. The first-order valence-electron chi connectivity index (χ1n) is 8.04. The van der Waals surface area contributed by atoms with E-state index in [1.54, 1.807) is 18.2 Å². The quantitative estimate of drug-likeness (QED) is 0.505. The fourth-order valence-electron chi connectivity index (χ4n) is 2.49. The maximum atomic E-state index is 13.2. The van der Waals surface area contributed by atoms with Crippen LogP contribution >= 0.6 is 12.2 Å². The molecule has 2 aromatic carbocycles. The number of halogens is 1. The summed E-state index contributed by atoms with van der Waals surface area (Å²) in [4.78, 5) is 19.0. The highest BCUT2D eigenvalue weighted by Gasteiger charge is 2.13. The van der Waals surface area contributed by atoms with E-state index in [1.165, 1.54) is 49.3 Å². The average Bonchev–Trinajstić information content (AvgIpc) is 2.68. The van der Waals surface area contributed by atoms with E-state index < -0.39 is 17.3 Å². The summed E-state index contributed by atoms with van der Waals surface area (Å²) in [6, 6.07) is 10.3. The van der Waals surface area contributed by atoms with Gasteiger partial charge in [-0.25, -0.2) is 4.39 Å². The van der Waals surface area contributed by atoms with Gasteiger partial charge in [-0.1, -0.05) is 0 Å². The Hall–Kier alpha value is -3.46. The van der Waals surface area contributed by atoms with E-state index in [-0.39, 0.29) is 10.3 Å². The second-order valence-electron chi connectivity index (χ2n) is 5.64. The lowest BCUT2D eigenvalue weighted by Gasteiger charge is -2.11. The minimum Gasteiger partial charge on any atom is -0.497 e. The fraction of sp³-hybridized carbons (Fsp3) is 0.105. The van der Waals surface area contributed by atoms with Gasteiger partial charge in [0.2, 0.25) is 5.88 Å². The van der Waals surface area contributed by atoms with Crippen molar-refractivity contribution in [3.8, 4) is 23.1 Å². The molecule has 1 heterocycles. The Morgan fingerprint density at radius 1 is 1.14 bits per heavy atom. The zero-order valence-electron chi connectivity index (χ0n) is 15.0. The van der Waals surface area contributed by atoms with Crippen molar-refractivity contribution in [3.63, 3.8) is 0 Å². The van der Waals surface area contributed by atoms with Crippen molar-refractivity contribution in [3.05, 3.63) is 69.0 Å². The molecule has 0 radical (unpaired) electrons. The number of aliphatic imine (C=N–C) groups is 1. The summed E-state index contributed by atoms with van der Waals surface area (Å²) in [5.41, 5.74) is 0.114. The second kappa shape index (κ2) is 8.05. The smallest absolute Gasteiger partial charge is 0.264 e. The normalized spacial score (nSPS) is 11.0. The standard InChI is InChI=1S/C19H16FN3O4S/c1-26-14-7-12(8-15(9-14)27-2)21-10-16-17(24)22-19(28)23(18(16)25)13-5-3-11(20)4-6-13/h3-10,25H,1-2H3,(H,22,24,28). The molecule has 0 saturated carbocycles. The predicted molar refractivity (Wildman–Crippen MR) is 106 cm³/mol. The van der Waals surface area contributed by atoms with E-state index in [9.17, 15) is 14.3 Å². The highest BCUT2D eigenvalue weighted by atomic mass is 32.1. The number of nitrogens with zero attached hydrogens (tertiary/aromatic N) is 2. The number of hydrogen-bond acceptors (Lipinski definition) is 6. The van der Waals surface area contributed by atoms with Crippen LogP contribution in [0.1, 0.15) is 5.56 Å². The monoisotopic (exact) mass is 401 g/mol. The third-order valence-corrected chi connectivity index (χ3v) is 4.17. The number of rotatable bonds is 5. The van der Waals surface area contributed by atoms with Gasteiger partial charge in [-0.2, -0.15) is 0 Å². The van der Waals surface area contributed by atoms with E-state index in [2.05, 4.69) is 9.98 Å². The van der Waals surface area contributed by atoms with E-state index in [4.69, 9.17) is 21.7 Å². The van der Waals surface area contributed by atoms with Crippen LogP contribution in [0, 0.1) is 10.6 Å². The van der Waals surface area contributed by atoms with Crippen molar-refractivity contribution in [2.24, 2.45) is 4.99 Å². The molecule has 0 bridgehead atoms. The van der Waals surface area contributed by atoms with Gasteiger partial charge in [-0.3, -0.25) is 19.3 Å². The van der Waals surface area contributed by atoms with Gasteiger partial charge in [0.15, 0.2) is 4.77 Å². The minimum absolute atomic E-state index is 0.0330. The molecule has 7 nitrogen and oxygen atoms in total. The summed E-state index contributed by atoms with van der Waals surface area (Å²) in [7, 11) is 3.01. The summed E-state index contributed by atoms with van der Waals surface area (Å²) in [6.07, 6.45) is 1.21. The molecule has 144 valence electrons. The average molecular weight is 401 g/mol. The van der Waals surface area contributed by atoms with Gasteiger partial charge in [0.1, 0.15) is 22.9 Å². The number of ether oxygens (including phenoxy) is 2. The summed E-state index contributed by atoms with van der Waals surface area (Å²) in [5, 5.41) is 10.6. The summed E-state index contributed by atoms with van der Waals surface area (Å²) >= 11 is 5.12. The van der Waals surface area contributed by atoms with Crippen molar-refractivity contribution in [1.82, 2.24) is 9.55 Å². The number of nitrogens with one attached hydrogen (secondary N) is 1. The Morgan fingerprint density at radius 3 is 2.32 bits per heavy atom. The first kappa shape index (κ1) is 19.3. The zero-order chi connectivity index (χ0) is 20.3. The third kappa shape index (κ3) is 3.94. The molecule has 0 aliphatic heterocycles. The lowest BCUT2D eigenvalue weighted by atomic mass is 10.2. The molecule has 9 heteroatoms. The van der Waals surface area contributed by atoms with Crippen LogP contribution in [0.5, 0.6) is 17.4 Å². The molecule has 0 aliphatic rings. The van der Waals surface area contributed by atoms with Crippen LogP contribution in [0.3, 0.4) is 0 Å². The van der Waals surface area contributed by atoms with Crippen LogP contribution < -0.4 is 15.0 Å². The van der Waals surface area contributed by atoms with Crippen LogP contribution in [0.15, 0.2) is 52.3 Å². The molecule has 0 aliphatic carbocycles. The fourth-order valence-corrected chi connectivity index (χ4v) is 2.78. The Labute approximate surface area is 164 Å². The molecule has 0 unspecified atom stereocenters. The largest absolute Gasteiger partial charge is 0.497 e. The Balaban J connectivity index is 2.09. The maximum absolute atomic E-state index is 13.2.